The maximum atomic E-state index is 13.5. The minimum Gasteiger partial charge on any atom is -0.379 e. The molecule has 14 heteroatoms. The smallest absolute Gasteiger partial charge is 0.263 e. The number of amides is 1. The number of nitrogens with one attached hydrogen (secondary N) is 1. The van der Waals surface area contributed by atoms with Gasteiger partial charge in [-0.2, -0.15) is 8.61 Å². The Morgan fingerprint density at radius 2 is 1.75 bits per heavy atom. The van der Waals surface area contributed by atoms with Gasteiger partial charge in [0.25, 0.3) is 15.9 Å². The normalized spacial score (nSPS) is 20.9. The van der Waals surface area contributed by atoms with Crippen molar-refractivity contribution in [2.45, 2.75) is 16.7 Å². The molecule has 2 saturated heterocycles. The minimum absolute atomic E-state index is 0.0407. The quantitative estimate of drug-likeness (QED) is 0.338. The summed E-state index contributed by atoms with van der Waals surface area (Å²) >= 11 is 1.07. The fourth-order valence-corrected chi connectivity index (χ4v) is 8.82. The standard InChI is InChI=1S/C22H30N4O7S3/c27-22(23-28)19-17-25(35(29,30)16-4-9-24-12-14-33-15-13-24)10-11-26(19)36(31,32)21-8-7-20(34-21)18-5-2-1-3-6-18/h1-3,5-8,19,28H,4,9-17H2,(H,23,27). The summed E-state index contributed by atoms with van der Waals surface area (Å²) in [4.78, 5) is 15.4. The predicted octanol–water partition coefficient (Wildman–Crippen LogP) is 0.648. The maximum absolute atomic E-state index is 13.5. The van der Waals surface area contributed by atoms with Crippen LogP contribution in [0, 0.1) is 0 Å². The second kappa shape index (κ2) is 11.6. The molecular formula is C22H30N4O7S3. The van der Waals surface area contributed by atoms with E-state index in [1.165, 1.54) is 11.5 Å². The third-order valence-electron chi connectivity index (χ3n) is 6.28. The van der Waals surface area contributed by atoms with Crippen LogP contribution in [0.4, 0.5) is 0 Å². The van der Waals surface area contributed by atoms with Crippen molar-refractivity contribution < 1.29 is 31.6 Å². The lowest BCUT2D eigenvalue weighted by Crippen LogP contribution is -2.61. The molecule has 0 radical (unpaired) electrons. The Hall–Kier alpha value is -1.91. The summed E-state index contributed by atoms with van der Waals surface area (Å²) < 4.78 is 60.4. The molecule has 1 atom stereocenters. The fraction of sp³-hybridized carbons (Fsp3) is 0.500. The first-order valence-electron chi connectivity index (χ1n) is 11.6. The SMILES string of the molecule is O=C(NO)C1CN(S(=O)(=O)CCCN2CCOCC2)CCN1S(=O)(=O)c1ccc(-c2ccccc2)s1. The van der Waals surface area contributed by atoms with Gasteiger partial charge in [-0.1, -0.05) is 30.3 Å². The highest BCUT2D eigenvalue weighted by Crippen LogP contribution is 2.33. The van der Waals surface area contributed by atoms with Crippen LogP contribution in [0.25, 0.3) is 10.4 Å². The van der Waals surface area contributed by atoms with Crippen LogP contribution in [-0.4, -0.2) is 106 Å². The van der Waals surface area contributed by atoms with E-state index in [1.54, 1.807) is 6.07 Å². The average molecular weight is 559 g/mol. The van der Waals surface area contributed by atoms with E-state index in [0.29, 0.717) is 26.2 Å². The molecule has 2 aromatic rings. The van der Waals surface area contributed by atoms with Crippen LogP contribution >= 0.6 is 11.3 Å². The zero-order valence-corrected chi connectivity index (χ0v) is 22.1. The molecule has 4 rings (SSSR count). The second-order valence-corrected chi connectivity index (χ2v) is 13.9. The number of nitrogens with zero attached hydrogens (tertiary/aromatic N) is 3. The fourth-order valence-electron chi connectivity index (χ4n) is 4.33. The molecule has 0 spiro atoms. The van der Waals surface area contributed by atoms with E-state index in [-0.39, 0.29) is 29.6 Å². The summed E-state index contributed by atoms with van der Waals surface area (Å²) in [5.41, 5.74) is 2.36. The van der Waals surface area contributed by atoms with Crippen molar-refractivity contribution in [1.82, 2.24) is 19.0 Å². The number of benzene rings is 1. The summed E-state index contributed by atoms with van der Waals surface area (Å²) in [5.74, 6) is -1.10. The van der Waals surface area contributed by atoms with Crippen molar-refractivity contribution in [3.8, 4) is 10.4 Å². The largest absolute Gasteiger partial charge is 0.379 e. The molecule has 2 N–H and O–H groups in total. The number of hydrogen-bond acceptors (Lipinski definition) is 9. The number of carbonyl (C=O) groups excluding carboxylic acids is 1. The lowest BCUT2D eigenvalue weighted by Gasteiger charge is -2.38. The Morgan fingerprint density at radius 1 is 1.03 bits per heavy atom. The molecule has 2 aliphatic heterocycles. The summed E-state index contributed by atoms with van der Waals surface area (Å²) in [6, 6.07) is 11.1. The van der Waals surface area contributed by atoms with E-state index in [9.17, 15) is 26.8 Å². The van der Waals surface area contributed by atoms with Gasteiger partial charge in [0.15, 0.2) is 0 Å². The van der Waals surface area contributed by atoms with Gasteiger partial charge in [0, 0.05) is 37.6 Å². The van der Waals surface area contributed by atoms with Crippen LogP contribution in [0.2, 0.25) is 0 Å². The number of morpholine rings is 1. The van der Waals surface area contributed by atoms with Gasteiger partial charge < -0.3 is 4.74 Å². The molecule has 3 heterocycles. The molecule has 1 aromatic carbocycles. The first-order valence-corrected chi connectivity index (χ1v) is 15.5. The van der Waals surface area contributed by atoms with Gasteiger partial charge in [0.05, 0.1) is 19.0 Å². The highest BCUT2D eigenvalue weighted by atomic mass is 32.2. The van der Waals surface area contributed by atoms with Gasteiger partial charge in [0.1, 0.15) is 10.3 Å². The van der Waals surface area contributed by atoms with E-state index < -0.39 is 32.0 Å². The number of piperazine rings is 1. The van der Waals surface area contributed by atoms with Gasteiger partial charge in [-0.05, 0) is 30.7 Å². The van der Waals surface area contributed by atoms with Gasteiger partial charge in [-0.15, -0.1) is 11.3 Å². The molecule has 2 fully saturated rings. The van der Waals surface area contributed by atoms with Crippen molar-refractivity contribution in [2.24, 2.45) is 0 Å². The van der Waals surface area contributed by atoms with Crippen molar-refractivity contribution in [3.63, 3.8) is 0 Å². The summed E-state index contributed by atoms with van der Waals surface area (Å²) in [6.45, 7) is 2.71. The molecule has 198 valence electrons. The minimum atomic E-state index is -4.11. The maximum Gasteiger partial charge on any atom is 0.263 e. The lowest BCUT2D eigenvalue weighted by molar-refractivity contribution is -0.134. The van der Waals surface area contributed by atoms with E-state index in [1.807, 2.05) is 30.3 Å². The van der Waals surface area contributed by atoms with Crippen LogP contribution < -0.4 is 5.48 Å². The van der Waals surface area contributed by atoms with Crippen molar-refractivity contribution in [2.75, 3.05) is 58.2 Å². The Labute approximate surface area is 215 Å². The van der Waals surface area contributed by atoms with Crippen molar-refractivity contribution in [3.05, 3.63) is 42.5 Å². The number of ether oxygens (including phenoxy) is 1. The first kappa shape index (κ1) is 27.1. The molecule has 36 heavy (non-hydrogen) atoms. The third-order valence-corrected chi connectivity index (χ3v) is 11.7. The summed E-state index contributed by atoms with van der Waals surface area (Å²) in [7, 11) is -7.84. The predicted molar refractivity (Wildman–Crippen MR) is 135 cm³/mol. The van der Waals surface area contributed by atoms with Crippen LogP contribution in [0.5, 0.6) is 0 Å². The van der Waals surface area contributed by atoms with E-state index in [2.05, 4.69) is 4.90 Å². The third kappa shape index (κ3) is 6.14. The van der Waals surface area contributed by atoms with Gasteiger partial charge in [-0.3, -0.25) is 14.9 Å². The van der Waals surface area contributed by atoms with E-state index in [4.69, 9.17) is 4.74 Å². The number of sulfonamides is 2. The molecular weight excluding hydrogens is 528 g/mol. The number of thiophene rings is 1. The molecule has 0 bridgehead atoms. The number of carbonyl (C=O) groups is 1. The molecule has 0 saturated carbocycles. The zero-order chi connectivity index (χ0) is 25.8. The zero-order valence-electron chi connectivity index (χ0n) is 19.7. The molecule has 11 nitrogen and oxygen atoms in total. The molecule has 0 aliphatic carbocycles. The van der Waals surface area contributed by atoms with Gasteiger partial charge in [0.2, 0.25) is 10.0 Å². The Bertz CT molecular complexity index is 1250. The Kier molecular flexibility index (Phi) is 8.78. The van der Waals surface area contributed by atoms with Crippen LogP contribution in [0.15, 0.2) is 46.7 Å². The molecule has 1 aromatic heterocycles. The Balaban J connectivity index is 1.47. The molecule has 2 aliphatic rings. The second-order valence-electron chi connectivity index (χ2n) is 8.57. The molecule has 1 unspecified atom stereocenters. The number of rotatable bonds is 9. The first-order chi connectivity index (χ1) is 17.2. The topological polar surface area (TPSA) is 137 Å². The van der Waals surface area contributed by atoms with E-state index >= 15 is 0 Å². The lowest BCUT2D eigenvalue weighted by atomic mass is 10.2. The van der Waals surface area contributed by atoms with Crippen LogP contribution in [0.1, 0.15) is 6.42 Å². The van der Waals surface area contributed by atoms with Crippen LogP contribution in [0.3, 0.4) is 0 Å². The van der Waals surface area contributed by atoms with Gasteiger partial charge in [-0.25, -0.2) is 22.3 Å². The van der Waals surface area contributed by atoms with Gasteiger partial charge >= 0.3 is 0 Å². The summed E-state index contributed by atoms with van der Waals surface area (Å²) in [5, 5.41) is 9.27. The molecule has 1 amide bonds. The average Bonchev–Trinajstić information content (AvgIpc) is 3.40. The number of hydroxylamine groups is 1. The van der Waals surface area contributed by atoms with Crippen molar-refractivity contribution in [1.29, 1.82) is 0 Å². The summed E-state index contributed by atoms with van der Waals surface area (Å²) in [6.07, 6.45) is 0.412. The number of hydrogen-bond donors (Lipinski definition) is 2. The van der Waals surface area contributed by atoms with E-state index in [0.717, 1.165) is 43.5 Å². The Morgan fingerprint density at radius 3 is 2.44 bits per heavy atom. The highest BCUT2D eigenvalue weighted by molar-refractivity contribution is 7.91. The van der Waals surface area contributed by atoms with Crippen LogP contribution in [-0.2, 0) is 29.6 Å². The van der Waals surface area contributed by atoms with Crippen molar-refractivity contribution >= 4 is 37.3 Å². The monoisotopic (exact) mass is 558 g/mol. The highest BCUT2D eigenvalue weighted by Gasteiger charge is 2.43.